The average molecular weight is 601 g/mol. The number of carbonyl (C=O) groups excluding carboxylic acids is 5. The highest BCUT2D eigenvalue weighted by Crippen LogP contribution is 2.62. The zero-order valence-corrected chi connectivity index (χ0v) is 25.5. The third-order valence-corrected chi connectivity index (χ3v) is 9.70. The number of hydrogen-bond donors (Lipinski definition) is 4. The highest BCUT2D eigenvalue weighted by molar-refractivity contribution is 6.33. The number of primary amides is 1. The molecule has 2 saturated carbocycles. The molecule has 3 aliphatic rings. The molecule has 0 aromatic heterocycles. The number of aromatic hydroxyl groups is 1. The van der Waals surface area contributed by atoms with E-state index in [4.69, 9.17) is 11.5 Å². The molecule has 0 spiro atoms. The summed E-state index contributed by atoms with van der Waals surface area (Å²) >= 11 is 0. The smallest absolute Gasteiger partial charge is 0.235 e. The summed E-state index contributed by atoms with van der Waals surface area (Å²) in [6.07, 6.45) is 0.0287. The van der Waals surface area contributed by atoms with Crippen LogP contribution in [0.15, 0.2) is 30.3 Å². The van der Waals surface area contributed by atoms with Crippen molar-refractivity contribution in [3.05, 3.63) is 52.6 Å². The minimum atomic E-state index is -2.86. The fourth-order valence-electron chi connectivity index (χ4n) is 7.97. The second-order valence-electron chi connectivity index (χ2n) is 13.2. The third-order valence-electron chi connectivity index (χ3n) is 9.70. The van der Waals surface area contributed by atoms with Gasteiger partial charge in [-0.15, -0.1) is 0 Å². The number of aliphatic hydroxyl groups is 1. The highest BCUT2D eigenvalue weighted by atomic mass is 16.3. The molecule has 1 amide bonds. The lowest BCUT2D eigenvalue weighted by Gasteiger charge is -2.61. The Kier molecular flexibility index (Phi) is 7.03. The molecule has 11 heteroatoms. The Labute approximate surface area is 255 Å². The topological polar surface area (TPSA) is 184 Å². The molecular formula is C33H36N4O7. The maximum absolute atomic E-state index is 14.4. The molecule has 0 bridgehead atoms. The van der Waals surface area contributed by atoms with Crippen molar-refractivity contribution in [2.45, 2.75) is 38.3 Å². The zero-order chi connectivity index (χ0) is 32.7. The van der Waals surface area contributed by atoms with Gasteiger partial charge in [-0.3, -0.25) is 28.9 Å². The van der Waals surface area contributed by atoms with Gasteiger partial charge in [0.05, 0.1) is 23.1 Å². The molecule has 0 heterocycles. The number of benzene rings is 2. The van der Waals surface area contributed by atoms with Gasteiger partial charge in [-0.05, 0) is 68.2 Å². The van der Waals surface area contributed by atoms with Gasteiger partial charge in [-0.25, -0.2) is 0 Å². The predicted octanol–water partition coefficient (Wildman–Crippen LogP) is 0.695. The number of hydrogen-bond acceptors (Lipinski definition) is 10. The van der Waals surface area contributed by atoms with Crippen LogP contribution in [0.5, 0.6) is 5.75 Å². The number of Topliss-reactive ketones (excluding diaryl/α,β-unsaturated/α-hetero) is 4. The second kappa shape index (κ2) is 10.0. The molecule has 44 heavy (non-hydrogen) atoms. The largest absolute Gasteiger partial charge is 0.506 e. The fraction of sp³-hybridized carbons (Fsp3) is 0.424. The number of nitrogens with zero attached hydrogens (tertiary/aromatic N) is 2. The quantitative estimate of drug-likeness (QED) is 0.222. The lowest BCUT2D eigenvalue weighted by Crippen LogP contribution is -2.79. The Bertz CT molecular complexity index is 1720. The molecule has 2 fully saturated rings. The van der Waals surface area contributed by atoms with E-state index in [1.54, 1.807) is 70.3 Å². The van der Waals surface area contributed by atoms with E-state index in [9.17, 15) is 34.2 Å². The molecule has 2 aromatic rings. The summed E-state index contributed by atoms with van der Waals surface area (Å²) in [5, 5.41) is 23.6. The number of likely N-dealkylation sites (N-methyl/N-ethyl adjacent to an activating group) is 1. The summed E-state index contributed by atoms with van der Waals surface area (Å²) in [5.41, 5.74) is 7.78. The lowest BCUT2D eigenvalue weighted by atomic mass is 9.42. The van der Waals surface area contributed by atoms with Crippen LogP contribution in [0.3, 0.4) is 0 Å². The van der Waals surface area contributed by atoms with E-state index in [2.05, 4.69) is 11.8 Å². The fourth-order valence-corrected chi connectivity index (χ4v) is 7.97. The van der Waals surface area contributed by atoms with Crippen molar-refractivity contribution in [3.8, 4) is 17.6 Å². The zero-order valence-electron chi connectivity index (χ0n) is 25.5. The van der Waals surface area contributed by atoms with E-state index in [0.717, 1.165) is 0 Å². The molecule has 0 radical (unpaired) electrons. The van der Waals surface area contributed by atoms with Gasteiger partial charge in [0.1, 0.15) is 5.75 Å². The number of phenolic OH excluding ortho intramolecular Hbond substituents is 1. The minimum Gasteiger partial charge on any atom is -0.506 e. The molecule has 0 saturated heterocycles. The molecule has 2 aromatic carbocycles. The van der Waals surface area contributed by atoms with Crippen molar-refractivity contribution in [2.75, 3.05) is 38.8 Å². The molecule has 6 atom stereocenters. The molecule has 2 unspecified atom stereocenters. The summed E-state index contributed by atoms with van der Waals surface area (Å²) in [4.78, 5) is 71.7. The van der Waals surface area contributed by atoms with Crippen LogP contribution in [0.25, 0.3) is 0 Å². The maximum atomic E-state index is 14.4. The van der Waals surface area contributed by atoms with Gasteiger partial charge in [0.2, 0.25) is 5.91 Å². The van der Waals surface area contributed by atoms with E-state index in [-0.39, 0.29) is 24.0 Å². The highest BCUT2D eigenvalue weighted by Gasteiger charge is 2.76. The van der Waals surface area contributed by atoms with E-state index >= 15 is 0 Å². The van der Waals surface area contributed by atoms with Crippen LogP contribution in [0.1, 0.15) is 47.3 Å². The van der Waals surface area contributed by atoms with Crippen LogP contribution >= 0.6 is 0 Å². The Hall–Kier alpha value is -4.53. The van der Waals surface area contributed by atoms with Crippen LogP contribution in [0, 0.1) is 34.5 Å². The number of phenols is 1. The van der Waals surface area contributed by atoms with Crippen molar-refractivity contribution in [1.29, 1.82) is 0 Å². The molecular weight excluding hydrogens is 564 g/mol. The molecule has 230 valence electrons. The van der Waals surface area contributed by atoms with Gasteiger partial charge in [0, 0.05) is 36.4 Å². The second-order valence-corrected chi connectivity index (χ2v) is 13.2. The van der Waals surface area contributed by atoms with E-state index in [1.165, 1.54) is 11.8 Å². The Morgan fingerprint density at radius 1 is 1.00 bits per heavy atom. The number of anilines is 2. The van der Waals surface area contributed by atoms with Gasteiger partial charge in [0.15, 0.2) is 34.7 Å². The normalized spacial score (nSPS) is 31.0. The Morgan fingerprint density at radius 3 is 2.16 bits per heavy atom. The van der Waals surface area contributed by atoms with Crippen LogP contribution < -0.4 is 16.4 Å². The first-order valence-electron chi connectivity index (χ1n) is 14.2. The summed E-state index contributed by atoms with van der Waals surface area (Å²) in [6.45, 7) is 3.19. The standard InChI is InChI=1S/C33H36N4O7/c1-31-14-19-20(36(3)4)13-17(10-7-16-8-11-18(34)12-9-16)24(38)21(19)25(39)23(31)29(42)33(44)28(41)22(30(35)43)26(40)27(37(5)6)32(33,2)15-31/h8-9,11-13,22-23,27,38,44H,14-15,34H2,1-6H3,(H2,35,43)/t22?,23?,27-,31+,32+,33-/m1/s1. The molecule has 11 nitrogen and oxygen atoms in total. The first kappa shape index (κ1) is 30.9. The van der Waals surface area contributed by atoms with Gasteiger partial charge < -0.3 is 26.6 Å². The number of ketones is 4. The Morgan fingerprint density at radius 2 is 1.61 bits per heavy atom. The van der Waals surface area contributed by atoms with E-state index in [0.29, 0.717) is 22.5 Å². The third kappa shape index (κ3) is 4.08. The summed E-state index contributed by atoms with van der Waals surface area (Å²) < 4.78 is 0. The maximum Gasteiger partial charge on any atom is 0.235 e. The van der Waals surface area contributed by atoms with Gasteiger partial charge in [-0.1, -0.05) is 25.7 Å². The lowest BCUT2D eigenvalue weighted by molar-refractivity contribution is -0.203. The number of fused-ring (bicyclic) bond motifs is 3. The Balaban J connectivity index is 1.72. The monoisotopic (exact) mass is 600 g/mol. The van der Waals surface area contributed by atoms with E-state index in [1.807, 2.05) is 0 Å². The van der Waals surface area contributed by atoms with Gasteiger partial charge >= 0.3 is 0 Å². The van der Waals surface area contributed by atoms with Crippen molar-refractivity contribution < 1.29 is 34.2 Å². The first-order chi connectivity index (χ1) is 20.4. The first-order valence-corrected chi connectivity index (χ1v) is 14.2. The van der Waals surface area contributed by atoms with Gasteiger partial charge in [0.25, 0.3) is 0 Å². The molecule has 3 aliphatic carbocycles. The SMILES string of the molecule is CN(C)c1cc(C#Cc2ccc(N)cc2)c(O)c2c1C[C@@]1(C)C[C@@]3(C)[C@H](N(C)C)C(=O)C(C(N)=O)C(=O)[C@@]3(O)C(=O)C1C2=O. The van der Waals surface area contributed by atoms with Gasteiger partial charge in [-0.2, -0.15) is 0 Å². The van der Waals surface area contributed by atoms with Crippen LogP contribution in [0.4, 0.5) is 11.4 Å². The average Bonchev–Trinajstić information content (AvgIpc) is 2.90. The number of nitrogens with two attached hydrogens (primary N) is 2. The number of rotatable bonds is 3. The van der Waals surface area contributed by atoms with Crippen molar-refractivity contribution in [2.24, 2.45) is 28.4 Å². The van der Waals surface area contributed by atoms with Crippen LogP contribution in [-0.4, -0.2) is 84.0 Å². The number of carbonyl (C=O) groups is 5. The van der Waals surface area contributed by atoms with Crippen LogP contribution in [0.2, 0.25) is 0 Å². The summed E-state index contributed by atoms with van der Waals surface area (Å²) in [6, 6.07) is 7.24. The summed E-state index contributed by atoms with van der Waals surface area (Å²) in [7, 11) is 6.66. The van der Waals surface area contributed by atoms with Crippen molar-refractivity contribution in [1.82, 2.24) is 4.90 Å². The van der Waals surface area contributed by atoms with Crippen molar-refractivity contribution >= 4 is 40.4 Å². The minimum absolute atomic E-state index is 0.0871. The summed E-state index contributed by atoms with van der Waals surface area (Å²) in [5.74, 6) is -3.43. The predicted molar refractivity (Wildman–Crippen MR) is 162 cm³/mol. The van der Waals surface area contributed by atoms with Crippen LogP contribution in [-0.2, 0) is 25.6 Å². The number of amides is 1. The van der Waals surface area contributed by atoms with E-state index < -0.39 is 69.1 Å². The van der Waals surface area contributed by atoms with Crippen molar-refractivity contribution in [3.63, 3.8) is 0 Å². The molecule has 0 aliphatic heterocycles. The molecule has 6 N–H and O–H groups in total. The molecule has 5 rings (SSSR count). The number of nitrogen functional groups attached to an aromatic ring is 1.